The van der Waals surface area contributed by atoms with Crippen molar-refractivity contribution in [2.75, 3.05) is 32.8 Å². The number of ether oxygens (including phenoxy) is 1. The zero-order valence-corrected chi connectivity index (χ0v) is 12.5. The van der Waals surface area contributed by atoms with Crippen LogP contribution in [0.3, 0.4) is 0 Å². The van der Waals surface area contributed by atoms with E-state index in [1.165, 1.54) is 18.2 Å². The number of rotatable bonds is 4. The Morgan fingerprint density at radius 1 is 1.40 bits per heavy atom. The molecule has 1 fully saturated rings. The van der Waals surface area contributed by atoms with Crippen LogP contribution in [0.15, 0.2) is 18.2 Å². The van der Waals surface area contributed by atoms with Gasteiger partial charge in [-0.05, 0) is 18.2 Å². The van der Waals surface area contributed by atoms with Crippen LogP contribution >= 0.6 is 24.0 Å². The minimum absolute atomic E-state index is 0. The van der Waals surface area contributed by atoms with Crippen LogP contribution < -0.4 is 10.1 Å². The summed E-state index contributed by atoms with van der Waals surface area (Å²) in [5, 5.41) is 3.40. The summed E-state index contributed by atoms with van der Waals surface area (Å²) >= 11 is 5.82. The molecule has 1 amide bonds. The lowest BCUT2D eigenvalue weighted by molar-refractivity contribution is -0.132. The Kier molecular flexibility index (Phi) is 7.05. The molecule has 2 rings (SSSR count). The highest BCUT2D eigenvalue weighted by Gasteiger charge is 2.15. The summed E-state index contributed by atoms with van der Waals surface area (Å²) in [5.41, 5.74) is 0. The molecule has 0 saturated carbocycles. The SMILES string of the molecule is Cl.O=C(CCOc1ccc(F)cc1Cl)N1CCNCC1. The Bertz CT molecular complexity index is 454. The summed E-state index contributed by atoms with van der Waals surface area (Å²) in [5.74, 6) is 0.0603. The molecule has 4 nitrogen and oxygen atoms in total. The minimum atomic E-state index is -0.408. The van der Waals surface area contributed by atoms with Crippen molar-refractivity contribution in [3.8, 4) is 5.75 Å². The molecule has 1 saturated heterocycles. The van der Waals surface area contributed by atoms with E-state index in [-0.39, 0.29) is 29.9 Å². The number of benzene rings is 1. The second-order valence-corrected chi connectivity index (χ2v) is 4.71. The lowest BCUT2D eigenvalue weighted by Gasteiger charge is -2.27. The molecule has 1 aliphatic rings. The predicted molar refractivity (Wildman–Crippen MR) is 78.2 cm³/mol. The standard InChI is InChI=1S/C13H16ClFN2O2.ClH/c14-11-9-10(15)1-2-12(11)19-8-3-13(18)17-6-4-16-5-7-17;/h1-2,9,16H,3-8H2;1H. The lowest BCUT2D eigenvalue weighted by atomic mass is 10.3. The molecule has 0 unspecified atom stereocenters. The Hall–Kier alpha value is -1.04. The molecule has 0 spiro atoms. The van der Waals surface area contributed by atoms with E-state index in [1.54, 1.807) is 0 Å². The average Bonchev–Trinajstić information content (AvgIpc) is 2.42. The van der Waals surface area contributed by atoms with Crippen molar-refractivity contribution in [3.63, 3.8) is 0 Å². The lowest BCUT2D eigenvalue weighted by Crippen LogP contribution is -2.46. The summed E-state index contributed by atoms with van der Waals surface area (Å²) in [4.78, 5) is 13.7. The third-order valence-electron chi connectivity index (χ3n) is 2.94. The van der Waals surface area contributed by atoms with E-state index in [1.807, 2.05) is 4.90 Å². The molecule has 112 valence electrons. The highest BCUT2D eigenvalue weighted by Crippen LogP contribution is 2.24. The first kappa shape index (κ1) is 17.0. The van der Waals surface area contributed by atoms with Gasteiger partial charge in [0, 0.05) is 26.2 Å². The Labute approximate surface area is 128 Å². The predicted octanol–water partition coefficient (Wildman–Crippen LogP) is 2.10. The number of piperazine rings is 1. The number of nitrogens with zero attached hydrogens (tertiary/aromatic N) is 1. The second-order valence-electron chi connectivity index (χ2n) is 4.30. The van der Waals surface area contributed by atoms with Crippen LogP contribution in [0, 0.1) is 5.82 Å². The van der Waals surface area contributed by atoms with E-state index in [9.17, 15) is 9.18 Å². The van der Waals surface area contributed by atoms with Gasteiger partial charge in [-0.25, -0.2) is 4.39 Å². The number of amides is 1. The molecular formula is C13H17Cl2FN2O2. The fraction of sp³-hybridized carbons (Fsp3) is 0.462. The zero-order valence-electron chi connectivity index (χ0n) is 10.9. The highest BCUT2D eigenvalue weighted by atomic mass is 35.5. The van der Waals surface area contributed by atoms with Crippen molar-refractivity contribution in [3.05, 3.63) is 29.0 Å². The molecule has 1 aromatic rings. The largest absolute Gasteiger partial charge is 0.491 e. The van der Waals surface area contributed by atoms with Gasteiger partial charge in [0.1, 0.15) is 11.6 Å². The van der Waals surface area contributed by atoms with Gasteiger partial charge in [0.25, 0.3) is 0 Å². The van der Waals surface area contributed by atoms with Crippen LogP contribution in [0.4, 0.5) is 4.39 Å². The zero-order chi connectivity index (χ0) is 13.7. The van der Waals surface area contributed by atoms with Gasteiger partial charge in [-0.15, -0.1) is 12.4 Å². The monoisotopic (exact) mass is 322 g/mol. The normalized spacial score (nSPS) is 14.6. The number of halogens is 3. The van der Waals surface area contributed by atoms with E-state index >= 15 is 0 Å². The quantitative estimate of drug-likeness (QED) is 0.923. The number of hydrogen-bond acceptors (Lipinski definition) is 3. The van der Waals surface area contributed by atoms with Gasteiger partial charge in [0.15, 0.2) is 0 Å². The van der Waals surface area contributed by atoms with Crippen molar-refractivity contribution in [1.82, 2.24) is 10.2 Å². The van der Waals surface area contributed by atoms with E-state index in [4.69, 9.17) is 16.3 Å². The first-order valence-corrected chi connectivity index (χ1v) is 6.61. The van der Waals surface area contributed by atoms with Gasteiger partial charge in [-0.2, -0.15) is 0 Å². The molecule has 20 heavy (non-hydrogen) atoms. The summed E-state index contributed by atoms with van der Waals surface area (Å²) in [6.45, 7) is 3.37. The Morgan fingerprint density at radius 3 is 2.75 bits per heavy atom. The van der Waals surface area contributed by atoms with Crippen molar-refractivity contribution in [2.24, 2.45) is 0 Å². The third-order valence-corrected chi connectivity index (χ3v) is 3.23. The summed E-state index contributed by atoms with van der Waals surface area (Å²) in [6.07, 6.45) is 0.299. The fourth-order valence-corrected chi connectivity index (χ4v) is 2.13. The number of carbonyl (C=O) groups excluding carboxylic acids is 1. The molecule has 0 atom stereocenters. The maximum atomic E-state index is 12.8. The van der Waals surface area contributed by atoms with Crippen LogP contribution in [0.25, 0.3) is 0 Å². The molecule has 1 heterocycles. The van der Waals surface area contributed by atoms with E-state index in [0.717, 1.165) is 26.2 Å². The maximum absolute atomic E-state index is 12.8. The van der Waals surface area contributed by atoms with Gasteiger partial charge in [0.2, 0.25) is 5.91 Å². The molecule has 0 radical (unpaired) electrons. The first-order chi connectivity index (χ1) is 9.16. The topological polar surface area (TPSA) is 41.6 Å². The van der Waals surface area contributed by atoms with Crippen molar-refractivity contribution in [1.29, 1.82) is 0 Å². The molecule has 1 aromatic carbocycles. The first-order valence-electron chi connectivity index (χ1n) is 6.23. The van der Waals surface area contributed by atoms with Crippen molar-refractivity contribution < 1.29 is 13.9 Å². The van der Waals surface area contributed by atoms with Crippen molar-refractivity contribution in [2.45, 2.75) is 6.42 Å². The molecule has 1 N–H and O–H groups in total. The average molecular weight is 323 g/mol. The highest BCUT2D eigenvalue weighted by molar-refractivity contribution is 6.32. The smallest absolute Gasteiger partial charge is 0.226 e. The molecule has 0 bridgehead atoms. The summed E-state index contributed by atoms with van der Waals surface area (Å²) < 4.78 is 18.2. The van der Waals surface area contributed by atoms with Gasteiger partial charge >= 0.3 is 0 Å². The van der Waals surface area contributed by atoms with Gasteiger partial charge in [-0.1, -0.05) is 11.6 Å². The summed E-state index contributed by atoms with van der Waals surface area (Å²) in [7, 11) is 0. The van der Waals surface area contributed by atoms with Gasteiger partial charge in [-0.3, -0.25) is 4.79 Å². The number of carbonyl (C=O) groups is 1. The second kappa shape index (κ2) is 8.29. The van der Waals surface area contributed by atoms with E-state index in [2.05, 4.69) is 5.32 Å². The molecule has 0 aliphatic carbocycles. The van der Waals surface area contributed by atoms with Gasteiger partial charge in [0.05, 0.1) is 18.1 Å². The van der Waals surface area contributed by atoms with Gasteiger partial charge < -0.3 is 15.0 Å². The van der Waals surface area contributed by atoms with Crippen LogP contribution in [0.5, 0.6) is 5.75 Å². The molecule has 0 aromatic heterocycles. The van der Waals surface area contributed by atoms with Crippen molar-refractivity contribution >= 4 is 29.9 Å². The molecule has 1 aliphatic heterocycles. The third kappa shape index (κ3) is 4.81. The van der Waals surface area contributed by atoms with Crippen LogP contribution in [-0.4, -0.2) is 43.6 Å². The Balaban J connectivity index is 0.00000200. The maximum Gasteiger partial charge on any atom is 0.226 e. The Morgan fingerprint density at radius 2 is 2.10 bits per heavy atom. The van der Waals surface area contributed by atoms with Crippen LogP contribution in [0.2, 0.25) is 5.02 Å². The molecule has 7 heteroatoms. The minimum Gasteiger partial charge on any atom is -0.491 e. The van der Waals surface area contributed by atoms with Crippen LogP contribution in [0.1, 0.15) is 6.42 Å². The summed E-state index contributed by atoms with van der Waals surface area (Å²) in [6, 6.07) is 3.93. The fourth-order valence-electron chi connectivity index (χ4n) is 1.91. The number of nitrogens with one attached hydrogen (secondary N) is 1. The van der Waals surface area contributed by atoms with Crippen LogP contribution in [-0.2, 0) is 4.79 Å². The van der Waals surface area contributed by atoms with E-state index in [0.29, 0.717) is 12.2 Å². The van der Waals surface area contributed by atoms with E-state index < -0.39 is 5.82 Å². The molecular weight excluding hydrogens is 306 g/mol. The number of hydrogen-bond donors (Lipinski definition) is 1.